The minimum Gasteiger partial charge on any atom is -0.497 e. The predicted octanol–water partition coefficient (Wildman–Crippen LogP) is 4.03. The van der Waals surface area contributed by atoms with Gasteiger partial charge < -0.3 is 19.7 Å². The Labute approximate surface area is 182 Å². The number of benzene rings is 2. The van der Waals surface area contributed by atoms with Crippen LogP contribution in [0.1, 0.15) is 43.0 Å². The van der Waals surface area contributed by atoms with E-state index in [9.17, 15) is 14.4 Å². The third-order valence-electron chi connectivity index (χ3n) is 5.23. The van der Waals surface area contributed by atoms with Crippen molar-refractivity contribution in [3.63, 3.8) is 0 Å². The molecule has 0 saturated carbocycles. The fraction of sp³-hybridized carbons (Fsp3) is 0.375. The quantitative estimate of drug-likeness (QED) is 0.485. The maximum absolute atomic E-state index is 12.7. The lowest BCUT2D eigenvalue weighted by molar-refractivity contribution is -0.122. The highest BCUT2D eigenvalue weighted by Gasteiger charge is 2.35. The molecule has 0 unspecified atom stereocenters. The fourth-order valence-corrected chi connectivity index (χ4v) is 3.45. The summed E-state index contributed by atoms with van der Waals surface area (Å²) >= 11 is 0. The first kappa shape index (κ1) is 22.3. The van der Waals surface area contributed by atoms with E-state index < -0.39 is 5.92 Å². The molecule has 0 aliphatic carbocycles. The summed E-state index contributed by atoms with van der Waals surface area (Å²) in [6.07, 6.45) is 3.08. The molecule has 2 aromatic carbocycles. The van der Waals surface area contributed by atoms with Crippen molar-refractivity contribution in [2.45, 2.75) is 32.6 Å². The topological polar surface area (TPSA) is 84.9 Å². The van der Waals surface area contributed by atoms with Crippen molar-refractivity contribution in [2.75, 3.05) is 30.5 Å². The number of hydrogen-bond donors (Lipinski definition) is 1. The average molecular weight is 424 g/mol. The van der Waals surface area contributed by atoms with Crippen LogP contribution < -0.4 is 15.0 Å². The van der Waals surface area contributed by atoms with Gasteiger partial charge in [0.2, 0.25) is 11.8 Å². The molecular weight excluding hydrogens is 396 g/mol. The van der Waals surface area contributed by atoms with Crippen LogP contribution in [0.5, 0.6) is 5.75 Å². The Hall–Kier alpha value is -3.35. The van der Waals surface area contributed by atoms with E-state index in [-0.39, 0.29) is 24.2 Å². The number of nitrogens with one attached hydrogen (secondary N) is 1. The zero-order valence-electron chi connectivity index (χ0n) is 17.9. The number of hydrogen-bond acceptors (Lipinski definition) is 5. The Morgan fingerprint density at radius 2 is 1.90 bits per heavy atom. The summed E-state index contributed by atoms with van der Waals surface area (Å²) in [5.74, 6) is -0.503. The predicted molar refractivity (Wildman–Crippen MR) is 118 cm³/mol. The van der Waals surface area contributed by atoms with Gasteiger partial charge in [-0.25, -0.2) is 4.79 Å². The van der Waals surface area contributed by atoms with Crippen molar-refractivity contribution in [1.29, 1.82) is 0 Å². The molecule has 0 spiro atoms. The van der Waals surface area contributed by atoms with Gasteiger partial charge in [-0.1, -0.05) is 25.8 Å². The summed E-state index contributed by atoms with van der Waals surface area (Å²) in [5.41, 5.74) is 1.72. The number of rotatable bonds is 9. The van der Waals surface area contributed by atoms with Crippen LogP contribution in [0.15, 0.2) is 48.5 Å². The standard InChI is InChI=1S/C24H28N2O5/c1-3-4-5-13-31-24(29)17-9-11-19(12-10-17)25-23(28)18-14-22(27)26(16-18)20-7-6-8-21(15-20)30-2/h6-12,15,18H,3-5,13-14,16H2,1-2H3,(H,25,28)/t18-/m1/s1. The Morgan fingerprint density at radius 1 is 1.13 bits per heavy atom. The molecular formula is C24H28N2O5. The van der Waals surface area contributed by atoms with E-state index in [1.807, 2.05) is 12.1 Å². The van der Waals surface area contributed by atoms with Crippen LogP contribution in [0.2, 0.25) is 0 Å². The van der Waals surface area contributed by atoms with Crippen LogP contribution in [-0.2, 0) is 14.3 Å². The van der Waals surface area contributed by atoms with E-state index in [0.717, 1.165) is 19.3 Å². The lowest BCUT2D eigenvalue weighted by atomic mass is 10.1. The molecule has 1 saturated heterocycles. The van der Waals surface area contributed by atoms with Crippen LogP contribution in [0, 0.1) is 5.92 Å². The third kappa shape index (κ3) is 5.84. The average Bonchev–Trinajstić information content (AvgIpc) is 3.19. The Balaban J connectivity index is 1.55. The van der Waals surface area contributed by atoms with Gasteiger partial charge in [0.05, 0.1) is 25.2 Å². The molecule has 0 aromatic heterocycles. The molecule has 31 heavy (non-hydrogen) atoms. The normalized spacial score (nSPS) is 15.6. The lowest BCUT2D eigenvalue weighted by Crippen LogP contribution is -2.28. The number of carbonyl (C=O) groups excluding carboxylic acids is 3. The van der Waals surface area contributed by atoms with Crippen LogP contribution in [0.25, 0.3) is 0 Å². The smallest absolute Gasteiger partial charge is 0.338 e. The molecule has 2 aromatic rings. The Morgan fingerprint density at radius 3 is 2.61 bits per heavy atom. The Kier molecular flexibility index (Phi) is 7.65. The first-order chi connectivity index (χ1) is 15.0. The maximum atomic E-state index is 12.7. The first-order valence-corrected chi connectivity index (χ1v) is 10.5. The molecule has 0 bridgehead atoms. The largest absolute Gasteiger partial charge is 0.497 e. The van der Waals surface area contributed by atoms with Crippen molar-refractivity contribution in [2.24, 2.45) is 5.92 Å². The summed E-state index contributed by atoms with van der Waals surface area (Å²) in [6.45, 7) is 2.80. The summed E-state index contributed by atoms with van der Waals surface area (Å²) in [6, 6.07) is 13.8. The van der Waals surface area contributed by atoms with Crippen molar-refractivity contribution in [3.8, 4) is 5.75 Å². The van der Waals surface area contributed by atoms with Crippen molar-refractivity contribution >= 4 is 29.2 Å². The van der Waals surface area contributed by atoms with Gasteiger partial charge in [0.25, 0.3) is 0 Å². The van der Waals surface area contributed by atoms with E-state index in [1.165, 1.54) is 0 Å². The van der Waals surface area contributed by atoms with Gasteiger partial charge in [-0.3, -0.25) is 9.59 Å². The highest BCUT2D eigenvalue weighted by atomic mass is 16.5. The fourth-order valence-electron chi connectivity index (χ4n) is 3.45. The minimum absolute atomic E-state index is 0.102. The molecule has 1 fully saturated rings. The van der Waals surface area contributed by atoms with Gasteiger partial charge in [-0.2, -0.15) is 0 Å². The van der Waals surface area contributed by atoms with Crippen molar-refractivity contribution < 1.29 is 23.9 Å². The molecule has 1 aliphatic rings. The van der Waals surface area contributed by atoms with Crippen LogP contribution in [0.4, 0.5) is 11.4 Å². The minimum atomic E-state index is -0.457. The van der Waals surface area contributed by atoms with Crippen LogP contribution in [-0.4, -0.2) is 38.0 Å². The summed E-state index contributed by atoms with van der Waals surface area (Å²) in [4.78, 5) is 38.8. The first-order valence-electron chi connectivity index (χ1n) is 10.5. The SMILES string of the molecule is CCCCCOC(=O)c1ccc(NC(=O)[C@@H]2CC(=O)N(c3cccc(OC)c3)C2)cc1. The van der Waals surface area contributed by atoms with Gasteiger partial charge in [-0.05, 0) is 42.8 Å². The molecule has 1 N–H and O–H groups in total. The summed E-state index contributed by atoms with van der Waals surface area (Å²) < 4.78 is 10.4. The molecule has 2 amide bonds. The molecule has 7 nitrogen and oxygen atoms in total. The molecule has 3 rings (SSSR count). The van der Waals surface area contributed by atoms with E-state index in [2.05, 4.69) is 12.2 Å². The molecule has 1 atom stereocenters. The number of ether oxygens (including phenoxy) is 2. The molecule has 7 heteroatoms. The second kappa shape index (κ2) is 10.6. The van der Waals surface area contributed by atoms with Crippen molar-refractivity contribution in [3.05, 3.63) is 54.1 Å². The Bertz CT molecular complexity index is 926. The van der Waals surface area contributed by atoms with Gasteiger partial charge in [0.15, 0.2) is 0 Å². The third-order valence-corrected chi connectivity index (χ3v) is 5.23. The van der Waals surface area contributed by atoms with Gasteiger partial charge in [-0.15, -0.1) is 0 Å². The second-order valence-electron chi connectivity index (χ2n) is 7.52. The van der Waals surface area contributed by atoms with Gasteiger partial charge in [0, 0.05) is 30.4 Å². The summed E-state index contributed by atoms with van der Waals surface area (Å²) in [5, 5.41) is 2.83. The van der Waals surface area contributed by atoms with Gasteiger partial charge >= 0.3 is 5.97 Å². The van der Waals surface area contributed by atoms with E-state index in [4.69, 9.17) is 9.47 Å². The molecule has 164 valence electrons. The van der Waals surface area contributed by atoms with Crippen LogP contribution in [0.3, 0.4) is 0 Å². The highest BCUT2D eigenvalue weighted by molar-refractivity contribution is 6.03. The molecule has 1 heterocycles. The number of anilines is 2. The van der Waals surface area contributed by atoms with Crippen LogP contribution >= 0.6 is 0 Å². The zero-order valence-corrected chi connectivity index (χ0v) is 17.9. The lowest BCUT2D eigenvalue weighted by Gasteiger charge is -2.17. The number of carbonyl (C=O) groups is 3. The summed E-state index contributed by atoms with van der Waals surface area (Å²) in [7, 11) is 1.57. The number of esters is 1. The van der Waals surface area contributed by atoms with Gasteiger partial charge in [0.1, 0.15) is 5.75 Å². The zero-order chi connectivity index (χ0) is 22.2. The number of amides is 2. The molecule has 1 aliphatic heterocycles. The molecule has 0 radical (unpaired) electrons. The monoisotopic (exact) mass is 424 g/mol. The number of nitrogens with zero attached hydrogens (tertiary/aromatic N) is 1. The van der Waals surface area contributed by atoms with E-state index >= 15 is 0 Å². The van der Waals surface area contributed by atoms with E-state index in [1.54, 1.807) is 48.4 Å². The second-order valence-corrected chi connectivity index (χ2v) is 7.52. The van der Waals surface area contributed by atoms with E-state index in [0.29, 0.717) is 35.8 Å². The number of unbranched alkanes of at least 4 members (excludes halogenated alkanes) is 2. The number of methoxy groups -OCH3 is 1. The maximum Gasteiger partial charge on any atom is 0.338 e. The van der Waals surface area contributed by atoms with Crippen molar-refractivity contribution in [1.82, 2.24) is 0 Å². The highest BCUT2D eigenvalue weighted by Crippen LogP contribution is 2.28.